The lowest BCUT2D eigenvalue weighted by atomic mass is 10.2. The summed E-state index contributed by atoms with van der Waals surface area (Å²) >= 11 is 23.9. The second-order valence-electron chi connectivity index (χ2n) is 6.13. The van der Waals surface area contributed by atoms with E-state index in [0.29, 0.717) is 17.0 Å². The van der Waals surface area contributed by atoms with Crippen molar-refractivity contribution >= 4 is 64.1 Å². The number of alkyl halides is 4. The van der Waals surface area contributed by atoms with Crippen molar-refractivity contribution in [1.29, 1.82) is 0 Å². The molecule has 160 valence electrons. The fourth-order valence-corrected chi connectivity index (χ4v) is 2.90. The number of benzene rings is 2. The van der Waals surface area contributed by atoms with Crippen LogP contribution in [0.1, 0.15) is 27.6 Å². The van der Waals surface area contributed by atoms with Crippen LogP contribution in [-0.4, -0.2) is 39.7 Å². The maximum Gasteiger partial charge on any atom is 0.252 e. The molecule has 0 aliphatic rings. The lowest BCUT2D eigenvalue weighted by molar-refractivity contribution is 0.0931. The molecular weight excluding hydrogens is 470 g/mol. The first-order valence-electron chi connectivity index (χ1n) is 8.87. The van der Waals surface area contributed by atoms with E-state index < -0.39 is 22.0 Å². The van der Waals surface area contributed by atoms with Crippen molar-refractivity contribution in [3.63, 3.8) is 0 Å². The molecule has 2 amide bonds. The topological polar surface area (TPSA) is 82.6 Å². The Hall–Kier alpha value is -1.99. The highest BCUT2D eigenvalue weighted by Gasteiger charge is 2.23. The molecule has 2 rings (SSSR count). The Kier molecular flexibility index (Phi) is 9.72. The molecule has 0 bridgehead atoms. The van der Waals surface area contributed by atoms with E-state index in [4.69, 9.17) is 46.4 Å². The fraction of sp³-hybridized carbons (Fsp3) is 0.250. The predicted octanol–water partition coefficient (Wildman–Crippen LogP) is 4.11. The van der Waals surface area contributed by atoms with Crippen LogP contribution in [0, 0.1) is 0 Å². The van der Waals surface area contributed by atoms with Crippen LogP contribution < -0.4 is 16.0 Å². The number of carbonyl (C=O) groups is 2. The van der Waals surface area contributed by atoms with Crippen LogP contribution in [0.4, 0.5) is 0 Å². The number of nitrogens with one attached hydrogen (secondary N) is 3. The zero-order valence-electron chi connectivity index (χ0n) is 15.9. The van der Waals surface area contributed by atoms with E-state index >= 15 is 0 Å². The van der Waals surface area contributed by atoms with E-state index in [1.165, 1.54) is 0 Å². The summed E-state index contributed by atoms with van der Waals surface area (Å²) in [5.74, 6) is -0.442. The van der Waals surface area contributed by atoms with Crippen LogP contribution in [0.15, 0.2) is 65.7 Å². The summed E-state index contributed by atoms with van der Waals surface area (Å²) in [7, 11) is 0. The van der Waals surface area contributed by atoms with Gasteiger partial charge in [0.25, 0.3) is 11.8 Å². The van der Waals surface area contributed by atoms with Crippen molar-refractivity contribution in [2.24, 2.45) is 4.99 Å². The van der Waals surface area contributed by atoms with Crippen LogP contribution in [0.5, 0.6) is 0 Å². The molecular formula is C20H20Cl4N4O2. The second kappa shape index (κ2) is 12.0. The van der Waals surface area contributed by atoms with Gasteiger partial charge in [-0.3, -0.25) is 9.59 Å². The van der Waals surface area contributed by atoms with E-state index in [0.717, 1.165) is 0 Å². The molecule has 30 heavy (non-hydrogen) atoms. The summed E-state index contributed by atoms with van der Waals surface area (Å²) < 4.78 is 0. The molecule has 0 aliphatic heterocycles. The minimum atomic E-state index is -1.02. The van der Waals surface area contributed by atoms with Crippen LogP contribution in [0.2, 0.25) is 0 Å². The summed E-state index contributed by atoms with van der Waals surface area (Å²) in [4.78, 5) is 27.0. The molecule has 0 saturated heterocycles. The number of aliphatic imine (C=N–C) groups is 1. The molecule has 3 N–H and O–H groups in total. The van der Waals surface area contributed by atoms with Crippen molar-refractivity contribution in [3.8, 4) is 0 Å². The van der Waals surface area contributed by atoms with Crippen molar-refractivity contribution < 1.29 is 9.59 Å². The Morgan fingerprint density at radius 3 is 1.63 bits per heavy atom. The zero-order valence-corrected chi connectivity index (χ0v) is 18.9. The molecule has 0 radical (unpaired) electrons. The average Bonchev–Trinajstić information content (AvgIpc) is 2.73. The van der Waals surface area contributed by atoms with E-state index in [1.54, 1.807) is 67.6 Å². The lowest BCUT2D eigenvalue weighted by Gasteiger charge is -2.23. The Morgan fingerprint density at radius 1 is 0.733 bits per heavy atom. The SMILES string of the molecule is CC(=N[C@H](NC(=O)c1ccccc1)C(Cl)Cl)N[C@H](NC(=O)c1ccccc1)C(Cl)Cl. The van der Waals surface area contributed by atoms with Crippen molar-refractivity contribution in [1.82, 2.24) is 16.0 Å². The largest absolute Gasteiger partial charge is 0.352 e. The zero-order chi connectivity index (χ0) is 22.1. The van der Waals surface area contributed by atoms with Gasteiger partial charge in [-0.1, -0.05) is 36.4 Å². The Bertz CT molecular complexity index is 864. The van der Waals surface area contributed by atoms with E-state index in [2.05, 4.69) is 20.9 Å². The minimum absolute atomic E-state index is 0.310. The fourth-order valence-electron chi connectivity index (χ4n) is 2.41. The van der Waals surface area contributed by atoms with Gasteiger partial charge in [-0.05, 0) is 31.2 Å². The highest BCUT2D eigenvalue weighted by atomic mass is 35.5. The number of nitrogens with zero attached hydrogens (tertiary/aromatic N) is 1. The standard InChI is InChI=1S/C20H20Cl4N4O2/c1-12(25-17(15(21)22)27-19(29)13-8-4-2-5-9-13)26-18(16(23)24)28-20(30)14-10-6-3-7-11-14/h2-11,15-18H,1H3,(H,25,26)(H,27,29)(H,28,30)/t17-,18-/m1/s1. The van der Waals surface area contributed by atoms with Gasteiger partial charge >= 0.3 is 0 Å². The molecule has 10 heteroatoms. The number of halogens is 4. The van der Waals surface area contributed by atoms with Crippen molar-refractivity contribution in [2.75, 3.05) is 0 Å². The van der Waals surface area contributed by atoms with Crippen LogP contribution >= 0.6 is 46.4 Å². The Morgan fingerprint density at radius 2 is 1.20 bits per heavy atom. The highest BCUT2D eigenvalue weighted by Crippen LogP contribution is 2.12. The predicted molar refractivity (Wildman–Crippen MR) is 123 cm³/mol. The highest BCUT2D eigenvalue weighted by molar-refractivity contribution is 6.45. The normalized spacial score (nSPS) is 13.6. The van der Waals surface area contributed by atoms with Crippen molar-refractivity contribution in [3.05, 3.63) is 71.8 Å². The maximum atomic E-state index is 12.4. The summed E-state index contributed by atoms with van der Waals surface area (Å²) in [6.45, 7) is 1.61. The van der Waals surface area contributed by atoms with Gasteiger partial charge in [0.15, 0.2) is 6.17 Å². The smallest absolute Gasteiger partial charge is 0.252 e. The first-order valence-corrected chi connectivity index (χ1v) is 10.6. The third-order valence-corrected chi connectivity index (χ3v) is 4.81. The van der Waals surface area contributed by atoms with E-state index in [-0.39, 0.29) is 11.8 Å². The molecule has 2 aromatic carbocycles. The summed E-state index contributed by atoms with van der Waals surface area (Å²) in [6.07, 6.45) is -1.79. The minimum Gasteiger partial charge on any atom is -0.352 e. The molecule has 2 atom stereocenters. The maximum absolute atomic E-state index is 12.4. The third-order valence-electron chi connectivity index (χ3n) is 3.83. The average molecular weight is 490 g/mol. The molecule has 0 aliphatic carbocycles. The van der Waals surface area contributed by atoms with Crippen molar-refractivity contribution in [2.45, 2.75) is 28.9 Å². The second-order valence-corrected chi connectivity index (χ2v) is 8.46. The molecule has 0 unspecified atom stereocenters. The molecule has 0 fully saturated rings. The quantitative estimate of drug-likeness (QED) is 0.226. The first-order chi connectivity index (χ1) is 14.3. The van der Waals surface area contributed by atoms with Gasteiger partial charge in [0.1, 0.15) is 15.8 Å². The van der Waals surface area contributed by atoms with Crippen LogP contribution in [0.3, 0.4) is 0 Å². The van der Waals surface area contributed by atoms with Gasteiger partial charge in [0.05, 0.1) is 5.84 Å². The molecule has 0 heterocycles. The van der Waals surface area contributed by atoms with E-state index in [1.807, 2.05) is 0 Å². The molecule has 6 nitrogen and oxygen atoms in total. The van der Waals surface area contributed by atoms with Gasteiger partial charge in [-0.15, -0.1) is 46.4 Å². The van der Waals surface area contributed by atoms with Gasteiger partial charge in [-0.2, -0.15) is 0 Å². The number of hydrogen-bond acceptors (Lipinski definition) is 3. The van der Waals surface area contributed by atoms with Crippen LogP contribution in [-0.2, 0) is 0 Å². The number of rotatable bonds is 8. The lowest BCUT2D eigenvalue weighted by Crippen LogP contribution is -2.52. The molecule has 0 saturated carbocycles. The third kappa shape index (κ3) is 7.69. The molecule has 0 aromatic heterocycles. The summed E-state index contributed by atoms with van der Waals surface area (Å²) in [5, 5.41) is 8.23. The molecule has 2 aromatic rings. The van der Waals surface area contributed by atoms with Gasteiger partial charge in [0.2, 0.25) is 0 Å². The van der Waals surface area contributed by atoms with Gasteiger partial charge < -0.3 is 16.0 Å². The number of amides is 2. The van der Waals surface area contributed by atoms with Gasteiger partial charge in [0, 0.05) is 11.1 Å². The molecule has 0 spiro atoms. The number of carbonyl (C=O) groups excluding carboxylic acids is 2. The first kappa shape index (κ1) is 24.3. The summed E-state index contributed by atoms with van der Waals surface area (Å²) in [6, 6.07) is 17.2. The number of hydrogen-bond donors (Lipinski definition) is 3. The summed E-state index contributed by atoms with van der Waals surface area (Å²) in [5.41, 5.74) is 0.884. The Balaban J connectivity index is 2.07. The monoisotopic (exact) mass is 488 g/mol. The van der Waals surface area contributed by atoms with E-state index in [9.17, 15) is 9.59 Å². The Labute approximate surface area is 194 Å². The van der Waals surface area contributed by atoms with Gasteiger partial charge in [-0.25, -0.2) is 4.99 Å². The van der Waals surface area contributed by atoms with Crippen LogP contribution in [0.25, 0.3) is 0 Å². The number of amidine groups is 1.